The molecule has 0 radical (unpaired) electrons. The van der Waals surface area contributed by atoms with Crippen LogP contribution in [-0.2, 0) is 6.42 Å². The van der Waals surface area contributed by atoms with Gasteiger partial charge in [-0.1, -0.05) is 0 Å². The van der Waals surface area contributed by atoms with Gasteiger partial charge < -0.3 is 4.74 Å². The van der Waals surface area contributed by atoms with Crippen molar-refractivity contribution in [3.8, 4) is 11.8 Å². The predicted octanol–water partition coefficient (Wildman–Crippen LogP) is 2.18. The number of benzene rings is 1. The number of nitriles is 1. The third-order valence-corrected chi connectivity index (χ3v) is 1.68. The lowest BCUT2D eigenvalue weighted by Crippen LogP contribution is -2.01. The molecule has 0 atom stereocenters. The molecular weight excluding hydrogens is 195 g/mol. The standard InChI is InChI=1S/C9H6F3NO/c1-14-9-5(2-3-13)8(12)6(10)4-7(9)11/h4H,2H2,1H3. The van der Waals surface area contributed by atoms with Crippen molar-refractivity contribution in [2.24, 2.45) is 0 Å². The van der Waals surface area contributed by atoms with Gasteiger partial charge in [0.25, 0.3) is 0 Å². The third kappa shape index (κ3) is 1.64. The maximum absolute atomic E-state index is 13.0. The van der Waals surface area contributed by atoms with E-state index in [4.69, 9.17) is 5.26 Å². The van der Waals surface area contributed by atoms with Crippen LogP contribution < -0.4 is 4.74 Å². The summed E-state index contributed by atoms with van der Waals surface area (Å²) in [5, 5.41) is 8.33. The Labute approximate surface area is 78.5 Å². The Balaban J connectivity index is 3.41. The van der Waals surface area contributed by atoms with Crippen molar-refractivity contribution < 1.29 is 17.9 Å². The average Bonchev–Trinajstić information content (AvgIpc) is 2.14. The molecule has 0 spiro atoms. The molecule has 0 fully saturated rings. The summed E-state index contributed by atoms with van der Waals surface area (Å²) in [6.45, 7) is 0. The summed E-state index contributed by atoms with van der Waals surface area (Å²) < 4.78 is 43.2. The number of hydrogen-bond donors (Lipinski definition) is 0. The van der Waals surface area contributed by atoms with Crippen LogP contribution in [0, 0.1) is 28.8 Å². The smallest absolute Gasteiger partial charge is 0.168 e. The van der Waals surface area contributed by atoms with Crippen LogP contribution in [0.4, 0.5) is 13.2 Å². The average molecular weight is 201 g/mol. The number of rotatable bonds is 2. The van der Waals surface area contributed by atoms with E-state index in [-0.39, 0.29) is 0 Å². The molecule has 5 heteroatoms. The summed E-state index contributed by atoms with van der Waals surface area (Å²) in [4.78, 5) is 0. The molecule has 0 aliphatic heterocycles. The van der Waals surface area contributed by atoms with Gasteiger partial charge in [-0.15, -0.1) is 0 Å². The van der Waals surface area contributed by atoms with Gasteiger partial charge in [-0.3, -0.25) is 0 Å². The van der Waals surface area contributed by atoms with E-state index in [0.717, 1.165) is 7.11 Å². The Morgan fingerprint density at radius 3 is 2.50 bits per heavy atom. The maximum Gasteiger partial charge on any atom is 0.168 e. The second-order valence-electron chi connectivity index (χ2n) is 2.50. The predicted molar refractivity (Wildman–Crippen MR) is 42.2 cm³/mol. The van der Waals surface area contributed by atoms with Gasteiger partial charge in [0, 0.05) is 11.6 Å². The Morgan fingerprint density at radius 2 is 2.00 bits per heavy atom. The highest BCUT2D eigenvalue weighted by atomic mass is 19.2. The Bertz CT molecular complexity index is 398. The molecule has 0 unspecified atom stereocenters. The van der Waals surface area contributed by atoms with E-state index in [1.807, 2.05) is 0 Å². The fourth-order valence-electron chi connectivity index (χ4n) is 1.09. The summed E-state index contributed by atoms with van der Waals surface area (Å²) in [6.07, 6.45) is -0.441. The number of hydrogen-bond acceptors (Lipinski definition) is 2. The summed E-state index contributed by atoms with van der Waals surface area (Å²) in [6, 6.07) is 1.98. The normalized spacial score (nSPS) is 9.64. The molecule has 1 aromatic rings. The van der Waals surface area contributed by atoms with Gasteiger partial charge in [0.05, 0.1) is 19.6 Å². The van der Waals surface area contributed by atoms with Gasteiger partial charge in [0.1, 0.15) is 0 Å². The minimum absolute atomic E-state index is 0.384. The Kier molecular flexibility index (Phi) is 2.97. The third-order valence-electron chi connectivity index (χ3n) is 1.68. The van der Waals surface area contributed by atoms with Crippen LogP contribution in [0.5, 0.6) is 5.75 Å². The molecule has 0 aromatic heterocycles. The van der Waals surface area contributed by atoms with Crippen molar-refractivity contribution in [2.75, 3.05) is 7.11 Å². The first kappa shape index (κ1) is 10.4. The summed E-state index contributed by atoms with van der Waals surface area (Å²) >= 11 is 0. The van der Waals surface area contributed by atoms with Crippen molar-refractivity contribution >= 4 is 0 Å². The molecule has 0 amide bonds. The maximum atomic E-state index is 13.0. The molecule has 0 bridgehead atoms. The van der Waals surface area contributed by atoms with Gasteiger partial charge in [-0.05, 0) is 0 Å². The lowest BCUT2D eigenvalue weighted by Gasteiger charge is -2.08. The molecular formula is C9H6F3NO. The van der Waals surface area contributed by atoms with Crippen molar-refractivity contribution in [2.45, 2.75) is 6.42 Å². The molecule has 1 rings (SSSR count). The highest BCUT2D eigenvalue weighted by molar-refractivity contribution is 5.38. The molecule has 0 heterocycles. The second-order valence-corrected chi connectivity index (χ2v) is 2.50. The fraction of sp³-hybridized carbons (Fsp3) is 0.222. The summed E-state index contributed by atoms with van der Waals surface area (Å²) in [5.41, 5.74) is -0.396. The minimum Gasteiger partial charge on any atom is -0.493 e. The number of nitrogens with zero attached hydrogens (tertiary/aromatic N) is 1. The zero-order valence-corrected chi connectivity index (χ0v) is 7.27. The number of halogens is 3. The van der Waals surface area contributed by atoms with Gasteiger partial charge in [0.15, 0.2) is 23.2 Å². The van der Waals surface area contributed by atoms with Gasteiger partial charge in [-0.2, -0.15) is 5.26 Å². The SMILES string of the molecule is COc1c(F)cc(F)c(F)c1CC#N. The lowest BCUT2D eigenvalue weighted by molar-refractivity contribution is 0.370. The zero-order chi connectivity index (χ0) is 10.7. The van der Waals surface area contributed by atoms with Crippen molar-refractivity contribution in [1.82, 2.24) is 0 Å². The molecule has 0 aliphatic rings. The Hall–Kier alpha value is -1.70. The van der Waals surface area contributed by atoms with Crippen molar-refractivity contribution in [3.63, 3.8) is 0 Å². The fourth-order valence-corrected chi connectivity index (χ4v) is 1.09. The first-order chi connectivity index (χ1) is 6.61. The van der Waals surface area contributed by atoms with Crippen LogP contribution in [0.3, 0.4) is 0 Å². The second kappa shape index (κ2) is 4.01. The van der Waals surface area contributed by atoms with E-state index in [9.17, 15) is 13.2 Å². The van der Waals surface area contributed by atoms with Crippen molar-refractivity contribution in [3.05, 3.63) is 29.1 Å². The minimum atomic E-state index is -1.33. The topological polar surface area (TPSA) is 33.0 Å². The summed E-state index contributed by atoms with van der Waals surface area (Å²) in [5.74, 6) is -4.01. The first-order valence-corrected chi connectivity index (χ1v) is 3.69. The van der Waals surface area contributed by atoms with Crippen LogP contribution in [0.2, 0.25) is 0 Å². The number of methoxy groups -OCH3 is 1. The highest BCUT2D eigenvalue weighted by Crippen LogP contribution is 2.27. The lowest BCUT2D eigenvalue weighted by atomic mass is 10.1. The van der Waals surface area contributed by atoms with E-state index < -0.39 is 35.2 Å². The monoisotopic (exact) mass is 201 g/mol. The van der Waals surface area contributed by atoms with Crippen LogP contribution in [-0.4, -0.2) is 7.11 Å². The molecule has 74 valence electrons. The zero-order valence-electron chi connectivity index (χ0n) is 7.27. The molecule has 0 N–H and O–H groups in total. The highest BCUT2D eigenvalue weighted by Gasteiger charge is 2.18. The van der Waals surface area contributed by atoms with Crippen molar-refractivity contribution in [1.29, 1.82) is 5.26 Å². The number of ether oxygens (including phenoxy) is 1. The molecule has 1 aromatic carbocycles. The summed E-state index contributed by atoms with van der Waals surface area (Å²) in [7, 11) is 1.12. The molecule has 14 heavy (non-hydrogen) atoms. The molecule has 0 saturated carbocycles. The van der Waals surface area contributed by atoms with Crippen LogP contribution >= 0.6 is 0 Å². The molecule has 2 nitrogen and oxygen atoms in total. The van der Waals surface area contributed by atoms with Gasteiger partial charge in [-0.25, -0.2) is 13.2 Å². The van der Waals surface area contributed by atoms with Crippen LogP contribution in [0.15, 0.2) is 6.07 Å². The first-order valence-electron chi connectivity index (χ1n) is 3.69. The largest absolute Gasteiger partial charge is 0.493 e. The quantitative estimate of drug-likeness (QED) is 0.687. The van der Waals surface area contributed by atoms with Crippen LogP contribution in [0.1, 0.15) is 5.56 Å². The van der Waals surface area contributed by atoms with E-state index >= 15 is 0 Å². The van der Waals surface area contributed by atoms with E-state index in [2.05, 4.69) is 4.74 Å². The molecule has 0 saturated heterocycles. The molecule has 0 aliphatic carbocycles. The van der Waals surface area contributed by atoms with Gasteiger partial charge in [0.2, 0.25) is 0 Å². The van der Waals surface area contributed by atoms with E-state index in [1.54, 1.807) is 6.07 Å². The van der Waals surface area contributed by atoms with Crippen LogP contribution in [0.25, 0.3) is 0 Å². The van der Waals surface area contributed by atoms with E-state index in [1.165, 1.54) is 0 Å². The van der Waals surface area contributed by atoms with E-state index in [0.29, 0.717) is 6.07 Å². The Morgan fingerprint density at radius 1 is 1.36 bits per heavy atom. The van der Waals surface area contributed by atoms with Gasteiger partial charge >= 0.3 is 0 Å².